The molecule has 0 unspecified atom stereocenters. The summed E-state index contributed by atoms with van der Waals surface area (Å²) in [4.78, 5) is 15.6. The van der Waals surface area contributed by atoms with E-state index in [9.17, 15) is 17.6 Å². The monoisotopic (exact) mass is 462 g/mol. The van der Waals surface area contributed by atoms with Crippen LogP contribution in [0.2, 0.25) is 5.02 Å². The number of benzene rings is 2. The number of rotatable bonds is 5. The first-order valence-electron chi connectivity index (χ1n) is 9.65. The van der Waals surface area contributed by atoms with Gasteiger partial charge < -0.3 is 5.73 Å². The normalized spacial score (nSPS) is 18.9. The van der Waals surface area contributed by atoms with Crippen molar-refractivity contribution in [3.05, 3.63) is 76.1 Å². The number of hydrogen-bond acceptors (Lipinski definition) is 5. The number of nitrogens with two attached hydrogens (primary N) is 1. The summed E-state index contributed by atoms with van der Waals surface area (Å²) >= 11 is 5.90. The van der Waals surface area contributed by atoms with E-state index < -0.39 is 27.3 Å². The molecule has 1 fully saturated rings. The Morgan fingerprint density at radius 3 is 2.32 bits per heavy atom. The quantitative estimate of drug-likeness (QED) is 0.604. The van der Waals surface area contributed by atoms with Gasteiger partial charge in [0.05, 0.1) is 4.90 Å². The highest BCUT2D eigenvalue weighted by atomic mass is 35.5. The molecule has 1 saturated carbocycles. The van der Waals surface area contributed by atoms with Crippen LogP contribution in [0.5, 0.6) is 0 Å². The largest absolute Gasteiger partial charge is 0.381 e. The molecule has 1 aliphatic carbocycles. The highest BCUT2D eigenvalue weighted by Crippen LogP contribution is 2.30. The molecule has 0 amide bonds. The molecular formula is C21H20ClFN4O3S. The van der Waals surface area contributed by atoms with Gasteiger partial charge in [0.25, 0.3) is 0 Å². The molecule has 31 heavy (non-hydrogen) atoms. The predicted molar refractivity (Wildman–Crippen MR) is 117 cm³/mol. The Labute approximate surface area is 183 Å². The molecule has 3 N–H and O–H groups in total. The summed E-state index contributed by atoms with van der Waals surface area (Å²) in [7, 11) is -3.75. The van der Waals surface area contributed by atoms with Crippen LogP contribution < -0.4 is 16.1 Å². The highest BCUT2D eigenvalue weighted by Gasteiger charge is 2.30. The topological polar surface area (TPSA) is 107 Å². The van der Waals surface area contributed by atoms with Gasteiger partial charge in [0, 0.05) is 23.3 Å². The standard InChI is InChI=1S/C21H20ClFN4O3S/c22-15-5-1-13(2-6-15)14-3-9-18(10-4-14)31(29,30)26-16-7-8-17(11-16)27-12-19(23)20(24)25-21(27)28/h1-6,9-10,12,16-17,26H,7-8,11H2,(H2,24,25,28)/t16-,17-/m0/s1. The Balaban J connectivity index is 1.46. The number of hydrogen-bond donors (Lipinski definition) is 2. The molecule has 1 aromatic heterocycles. The Bertz CT molecular complexity index is 1260. The fourth-order valence-corrected chi connectivity index (χ4v) is 5.20. The van der Waals surface area contributed by atoms with Crippen molar-refractivity contribution in [2.45, 2.75) is 36.2 Å². The molecule has 0 spiro atoms. The minimum atomic E-state index is -3.75. The first kappa shape index (κ1) is 21.5. The second kappa shape index (κ2) is 8.41. The van der Waals surface area contributed by atoms with Crippen LogP contribution in [0.3, 0.4) is 0 Å². The van der Waals surface area contributed by atoms with Crippen molar-refractivity contribution in [1.29, 1.82) is 0 Å². The molecule has 3 aromatic rings. The lowest BCUT2D eigenvalue weighted by atomic mass is 10.1. The number of nitrogens with one attached hydrogen (secondary N) is 1. The molecule has 4 rings (SSSR count). The Kier molecular flexibility index (Phi) is 5.83. The van der Waals surface area contributed by atoms with E-state index in [0.717, 1.165) is 17.3 Å². The fraction of sp³-hybridized carbons (Fsp3) is 0.238. The van der Waals surface area contributed by atoms with E-state index in [0.29, 0.717) is 24.3 Å². The number of nitrogens with zero attached hydrogens (tertiary/aromatic N) is 2. The van der Waals surface area contributed by atoms with E-state index in [1.54, 1.807) is 36.4 Å². The van der Waals surface area contributed by atoms with Gasteiger partial charge >= 0.3 is 5.69 Å². The average Bonchev–Trinajstić information content (AvgIpc) is 3.19. The van der Waals surface area contributed by atoms with Crippen LogP contribution in [-0.2, 0) is 10.0 Å². The van der Waals surface area contributed by atoms with Gasteiger partial charge in [-0.15, -0.1) is 0 Å². The second-order valence-electron chi connectivity index (χ2n) is 7.48. The molecule has 0 radical (unpaired) electrons. The third-order valence-electron chi connectivity index (χ3n) is 5.40. The molecular weight excluding hydrogens is 443 g/mol. The summed E-state index contributed by atoms with van der Waals surface area (Å²) in [5.74, 6) is -1.22. The maximum Gasteiger partial charge on any atom is 0.349 e. The zero-order valence-corrected chi connectivity index (χ0v) is 17.9. The first-order valence-corrected chi connectivity index (χ1v) is 11.5. The van der Waals surface area contributed by atoms with Crippen LogP contribution in [-0.4, -0.2) is 24.0 Å². The smallest absolute Gasteiger partial charge is 0.349 e. The van der Waals surface area contributed by atoms with Gasteiger partial charge in [0.1, 0.15) is 0 Å². The van der Waals surface area contributed by atoms with Crippen molar-refractivity contribution in [2.24, 2.45) is 0 Å². The summed E-state index contributed by atoms with van der Waals surface area (Å²) < 4.78 is 43.2. The summed E-state index contributed by atoms with van der Waals surface area (Å²) in [5, 5.41) is 0.627. The number of nitrogen functional groups attached to an aromatic ring is 1. The van der Waals surface area contributed by atoms with E-state index in [2.05, 4.69) is 9.71 Å². The zero-order valence-electron chi connectivity index (χ0n) is 16.3. The van der Waals surface area contributed by atoms with Crippen molar-refractivity contribution >= 4 is 27.4 Å². The summed E-state index contributed by atoms with van der Waals surface area (Å²) in [6.45, 7) is 0. The van der Waals surface area contributed by atoms with E-state index >= 15 is 0 Å². The Morgan fingerprint density at radius 2 is 1.68 bits per heavy atom. The maximum absolute atomic E-state index is 13.7. The average molecular weight is 463 g/mol. The van der Waals surface area contributed by atoms with Gasteiger partial charge in [-0.25, -0.2) is 22.3 Å². The number of anilines is 1. The predicted octanol–water partition coefficient (Wildman–Crippen LogP) is 3.36. The fourth-order valence-electron chi connectivity index (χ4n) is 3.79. The molecule has 7 nitrogen and oxygen atoms in total. The molecule has 1 aliphatic rings. The van der Waals surface area contributed by atoms with Gasteiger partial charge in [-0.2, -0.15) is 4.98 Å². The minimum Gasteiger partial charge on any atom is -0.381 e. The molecule has 10 heteroatoms. The second-order valence-corrected chi connectivity index (χ2v) is 9.63. The highest BCUT2D eigenvalue weighted by molar-refractivity contribution is 7.89. The number of aromatic nitrogens is 2. The third kappa shape index (κ3) is 4.63. The molecule has 0 saturated heterocycles. The van der Waals surface area contributed by atoms with Crippen molar-refractivity contribution in [3.63, 3.8) is 0 Å². The SMILES string of the molecule is Nc1nc(=O)n([C@H]2CC[C@H](NS(=O)(=O)c3ccc(-c4ccc(Cl)cc4)cc3)C2)cc1F. The van der Waals surface area contributed by atoms with Crippen molar-refractivity contribution in [3.8, 4) is 11.1 Å². The lowest BCUT2D eigenvalue weighted by Crippen LogP contribution is -2.34. The molecule has 2 atom stereocenters. The maximum atomic E-state index is 13.7. The third-order valence-corrected chi connectivity index (χ3v) is 7.18. The van der Waals surface area contributed by atoms with Crippen LogP contribution in [0.4, 0.5) is 10.2 Å². The van der Waals surface area contributed by atoms with Crippen LogP contribution >= 0.6 is 11.6 Å². The van der Waals surface area contributed by atoms with Crippen LogP contribution in [0.25, 0.3) is 11.1 Å². The molecule has 0 aliphatic heterocycles. The molecule has 162 valence electrons. The lowest BCUT2D eigenvalue weighted by molar-refractivity contribution is 0.461. The molecule has 2 aromatic carbocycles. The van der Waals surface area contributed by atoms with Crippen LogP contribution in [0, 0.1) is 5.82 Å². The van der Waals surface area contributed by atoms with Crippen molar-refractivity contribution < 1.29 is 12.8 Å². The van der Waals surface area contributed by atoms with Crippen molar-refractivity contribution in [1.82, 2.24) is 14.3 Å². The van der Waals surface area contributed by atoms with Gasteiger partial charge in [-0.05, 0) is 54.7 Å². The zero-order chi connectivity index (χ0) is 22.2. The summed E-state index contributed by atoms with van der Waals surface area (Å²) in [6.07, 6.45) is 2.42. The minimum absolute atomic E-state index is 0.144. The Morgan fingerprint density at radius 1 is 1.06 bits per heavy atom. The van der Waals surface area contributed by atoms with E-state index in [1.165, 1.54) is 4.57 Å². The van der Waals surface area contributed by atoms with E-state index in [1.807, 2.05) is 12.1 Å². The lowest BCUT2D eigenvalue weighted by Gasteiger charge is -2.16. The van der Waals surface area contributed by atoms with Gasteiger partial charge in [0.15, 0.2) is 11.6 Å². The number of halogens is 2. The van der Waals surface area contributed by atoms with E-state index in [-0.39, 0.29) is 17.0 Å². The van der Waals surface area contributed by atoms with Gasteiger partial charge in [-0.3, -0.25) is 4.57 Å². The van der Waals surface area contributed by atoms with Gasteiger partial charge in [-0.1, -0.05) is 35.9 Å². The number of sulfonamides is 1. The Hall–Kier alpha value is -2.75. The molecule has 0 bridgehead atoms. The first-order chi connectivity index (χ1) is 14.7. The van der Waals surface area contributed by atoms with Crippen LogP contribution in [0.1, 0.15) is 25.3 Å². The van der Waals surface area contributed by atoms with Gasteiger partial charge in [0.2, 0.25) is 10.0 Å². The molecule has 1 heterocycles. The summed E-state index contributed by atoms with van der Waals surface area (Å²) in [5.41, 5.74) is 6.47. The van der Waals surface area contributed by atoms with Crippen LogP contribution in [0.15, 0.2) is 64.4 Å². The van der Waals surface area contributed by atoms with Crippen molar-refractivity contribution in [2.75, 3.05) is 5.73 Å². The van der Waals surface area contributed by atoms with E-state index in [4.69, 9.17) is 17.3 Å². The summed E-state index contributed by atoms with van der Waals surface area (Å²) in [6, 6.07) is 13.1.